The van der Waals surface area contributed by atoms with E-state index in [0.29, 0.717) is 6.54 Å². The molecule has 0 radical (unpaired) electrons. The molecule has 142 valence electrons. The van der Waals surface area contributed by atoms with Gasteiger partial charge in [-0.1, -0.05) is 13.3 Å². The van der Waals surface area contributed by atoms with E-state index >= 15 is 0 Å². The van der Waals surface area contributed by atoms with Gasteiger partial charge in [-0.25, -0.2) is 4.98 Å². The van der Waals surface area contributed by atoms with Gasteiger partial charge in [0, 0.05) is 26.2 Å². The molecule has 1 aliphatic heterocycles. The summed E-state index contributed by atoms with van der Waals surface area (Å²) in [5.74, 6) is 0.942. The summed E-state index contributed by atoms with van der Waals surface area (Å²) in [7, 11) is 0. The van der Waals surface area contributed by atoms with Crippen LogP contribution in [-0.4, -0.2) is 40.6 Å². The number of hydrogen-bond acceptors (Lipinski definition) is 4. The molecule has 26 heavy (non-hydrogen) atoms. The first-order valence-electron chi connectivity index (χ1n) is 10.0. The third-order valence-corrected chi connectivity index (χ3v) is 5.59. The van der Waals surface area contributed by atoms with Crippen LogP contribution < -0.4 is 10.9 Å². The topological polar surface area (TPSA) is 50.2 Å². The zero-order chi connectivity index (χ0) is 18.7. The number of nitrogens with zero attached hydrogens (tertiary/aromatic N) is 3. The van der Waals surface area contributed by atoms with Gasteiger partial charge in [0.2, 0.25) is 0 Å². The molecule has 1 aromatic carbocycles. The Morgan fingerprint density at radius 3 is 2.65 bits per heavy atom. The molecule has 1 aliphatic rings. The Morgan fingerprint density at radius 2 is 1.92 bits per heavy atom. The fraction of sp³-hybridized carbons (Fsp3) is 0.619. The molecule has 1 aromatic heterocycles. The maximum atomic E-state index is 13.2. The lowest BCUT2D eigenvalue weighted by Crippen LogP contribution is -2.37. The number of benzene rings is 1. The van der Waals surface area contributed by atoms with Crippen molar-refractivity contribution in [3.63, 3.8) is 0 Å². The van der Waals surface area contributed by atoms with E-state index in [-0.39, 0.29) is 11.6 Å². The summed E-state index contributed by atoms with van der Waals surface area (Å²) >= 11 is 0. The molecule has 2 heterocycles. The third-order valence-electron chi connectivity index (χ3n) is 5.59. The van der Waals surface area contributed by atoms with Gasteiger partial charge in [0.1, 0.15) is 5.82 Å². The van der Waals surface area contributed by atoms with E-state index in [0.717, 1.165) is 67.7 Å². The zero-order valence-corrected chi connectivity index (χ0v) is 16.6. The fourth-order valence-corrected chi connectivity index (χ4v) is 3.98. The summed E-state index contributed by atoms with van der Waals surface area (Å²) in [6.07, 6.45) is 3.25. The van der Waals surface area contributed by atoms with Gasteiger partial charge >= 0.3 is 0 Å². The van der Waals surface area contributed by atoms with Gasteiger partial charge in [-0.15, -0.1) is 0 Å². The first-order chi connectivity index (χ1) is 12.6. The minimum absolute atomic E-state index is 0.102. The Morgan fingerprint density at radius 1 is 1.15 bits per heavy atom. The molecular weight excluding hydrogens is 324 g/mol. The molecule has 5 heteroatoms. The largest absolute Gasteiger partial charge is 0.315 e. The molecule has 1 atom stereocenters. The second-order valence-corrected chi connectivity index (χ2v) is 7.42. The van der Waals surface area contributed by atoms with E-state index < -0.39 is 0 Å². The van der Waals surface area contributed by atoms with Crippen molar-refractivity contribution >= 4 is 10.9 Å². The van der Waals surface area contributed by atoms with Crippen LogP contribution in [0.25, 0.3) is 10.9 Å². The van der Waals surface area contributed by atoms with E-state index in [4.69, 9.17) is 4.98 Å². The lowest BCUT2D eigenvalue weighted by molar-refractivity contribution is 0.185. The van der Waals surface area contributed by atoms with E-state index in [1.807, 2.05) is 17.6 Å². The lowest BCUT2D eigenvalue weighted by atomic mass is 10.0. The average molecular weight is 357 g/mol. The monoisotopic (exact) mass is 356 g/mol. The quantitative estimate of drug-likeness (QED) is 0.894. The normalized spacial score (nSPS) is 17.4. The van der Waals surface area contributed by atoms with Gasteiger partial charge in [0.05, 0.1) is 16.9 Å². The van der Waals surface area contributed by atoms with Crippen LogP contribution in [-0.2, 0) is 6.54 Å². The van der Waals surface area contributed by atoms with Crippen LogP contribution >= 0.6 is 0 Å². The molecule has 5 nitrogen and oxygen atoms in total. The average Bonchev–Trinajstić information content (AvgIpc) is 2.91. The van der Waals surface area contributed by atoms with Crippen molar-refractivity contribution in [1.82, 2.24) is 19.8 Å². The van der Waals surface area contributed by atoms with Gasteiger partial charge in [-0.05, 0) is 63.4 Å². The lowest BCUT2D eigenvalue weighted by Gasteiger charge is -2.31. The number of hydrogen-bond donors (Lipinski definition) is 1. The van der Waals surface area contributed by atoms with Gasteiger partial charge < -0.3 is 5.32 Å². The second kappa shape index (κ2) is 8.31. The number of aromatic nitrogens is 2. The summed E-state index contributed by atoms with van der Waals surface area (Å²) in [6.45, 7) is 13.2. The minimum Gasteiger partial charge on any atom is -0.315 e. The first-order valence-corrected chi connectivity index (χ1v) is 10.0. The maximum Gasteiger partial charge on any atom is 0.261 e. The van der Waals surface area contributed by atoms with Crippen LogP contribution in [0.3, 0.4) is 0 Å². The number of nitrogens with one attached hydrogen (secondary N) is 1. The Kier molecular flexibility index (Phi) is 6.09. The van der Waals surface area contributed by atoms with E-state index in [1.165, 1.54) is 5.56 Å². The zero-order valence-electron chi connectivity index (χ0n) is 16.6. The highest BCUT2D eigenvalue weighted by Crippen LogP contribution is 2.26. The highest BCUT2D eigenvalue weighted by atomic mass is 16.1. The Balaban J connectivity index is 2.16. The van der Waals surface area contributed by atoms with Gasteiger partial charge in [-0.2, -0.15) is 0 Å². The predicted octanol–water partition coefficient (Wildman–Crippen LogP) is 3.17. The van der Waals surface area contributed by atoms with Crippen molar-refractivity contribution < 1.29 is 0 Å². The van der Waals surface area contributed by atoms with E-state index in [2.05, 4.69) is 37.1 Å². The Bertz CT molecular complexity index is 819. The molecule has 1 saturated heterocycles. The summed E-state index contributed by atoms with van der Waals surface area (Å²) in [6, 6.07) is 4.28. The van der Waals surface area contributed by atoms with Gasteiger partial charge in [-0.3, -0.25) is 14.3 Å². The highest BCUT2D eigenvalue weighted by Gasteiger charge is 2.25. The van der Waals surface area contributed by atoms with Crippen molar-refractivity contribution in [2.45, 2.75) is 59.5 Å². The summed E-state index contributed by atoms with van der Waals surface area (Å²) in [5.41, 5.74) is 3.28. The fourth-order valence-electron chi connectivity index (χ4n) is 3.98. The molecule has 0 aliphatic carbocycles. The van der Waals surface area contributed by atoms with Crippen LogP contribution in [0, 0.1) is 13.8 Å². The number of fused-ring (bicyclic) bond motifs is 1. The smallest absolute Gasteiger partial charge is 0.261 e. The molecule has 1 unspecified atom stereocenters. The molecule has 1 N–H and O–H groups in total. The minimum atomic E-state index is 0.102. The third kappa shape index (κ3) is 3.69. The van der Waals surface area contributed by atoms with Crippen LogP contribution in [0.2, 0.25) is 0 Å². The number of rotatable bonds is 5. The van der Waals surface area contributed by atoms with E-state index in [1.54, 1.807) is 0 Å². The van der Waals surface area contributed by atoms with Crippen molar-refractivity contribution in [2.24, 2.45) is 0 Å². The first kappa shape index (κ1) is 19.1. The van der Waals surface area contributed by atoms with Crippen LogP contribution in [0.5, 0.6) is 0 Å². The predicted molar refractivity (Wildman–Crippen MR) is 108 cm³/mol. The Labute approximate surface area is 156 Å². The summed E-state index contributed by atoms with van der Waals surface area (Å²) < 4.78 is 1.90. The maximum absolute atomic E-state index is 13.2. The SMILES string of the molecule is CCCC(c1nc2cc(C)c(C)cc2c(=O)n1CC)N1CCCNCC1. The van der Waals surface area contributed by atoms with Crippen LogP contribution in [0.4, 0.5) is 0 Å². The van der Waals surface area contributed by atoms with Gasteiger partial charge in [0.25, 0.3) is 5.56 Å². The molecule has 0 bridgehead atoms. The molecule has 0 saturated carbocycles. The van der Waals surface area contributed by atoms with Crippen molar-refractivity contribution in [3.8, 4) is 0 Å². The molecule has 2 aromatic rings. The summed E-state index contributed by atoms with van der Waals surface area (Å²) in [4.78, 5) is 20.7. The Hall–Kier alpha value is -1.72. The van der Waals surface area contributed by atoms with Crippen molar-refractivity contribution in [2.75, 3.05) is 26.2 Å². The van der Waals surface area contributed by atoms with Crippen LogP contribution in [0.1, 0.15) is 56.1 Å². The number of aryl methyl sites for hydroxylation is 2. The molecule has 0 spiro atoms. The standard InChI is InChI=1S/C21H32N4O/c1-5-8-19(24-11-7-9-22-10-12-24)20-23-18-14-16(4)15(3)13-17(18)21(26)25(20)6-2/h13-14,19,22H,5-12H2,1-4H3. The highest BCUT2D eigenvalue weighted by molar-refractivity contribution is 5.79. The van der Waals surface area contributed by atoms with Crippen molar-refractivity contribution in [1.29, 1.82) is 0 Å². The molecule has 1 fully saturated rings. The van der Waals surface area contributed by atoms with E-state index in [9.17, 15) is 4.79 Å². The van der Waals surface area contributed by atoms with Crippen molar-refractivity contribution in [3.05, 3.63) is 39.4 Å². The van der Waals surface area contributed by atoms with Gasteiger partial charge in [0.15, 0.2) is 0 Å². The van der Waals surface area contributed by atoms with Crippen LogP contribution in [0.15, 0.2) is 16.9 Å². The summed E-state index contributed by atoms with van der Waals surface area (Å²) in [5, 5.41) is 4.22. The molecule has 0 amide bonds. The molecular formula is C21H32N4O. The molecule has 3 rings (SSSR count). The second-order valence-electron chi connectivity index (χ2n) is 7.42.